The molecule has 5 heteroatoms. The van der Waals surface area contributed by atoms with Crippen molar-refractivity contribution >= 4 is 11.6 Å². The Balaban J connectivity index is 2.15. The molecule has 0 aliphatic heterocycles. The molecule has 2 aromatic rings. The molecule has 0 amide bonds. The molecule has 1 aliphatic carbocycles. The summed E-state index contributed by atoms with van der Waals surface area (Å²) in [5.41, 5.74) is 1.61. The summed E-state index contributed by atoms with van der Waals surface area (Å²) in [5, 5.41) is 19.0. The zero-order valence-electron chi connectivity index (χ0n) is 9.93. The summed E-state index contributed by atoms with van der Waals surface area (Å²) in [6.45, 7) is 0. The van der Waals surface area contributed by atoms with Crippen LogP contribution in [-0.4, -0.2) is 26.8 Å². The fraction of sp³-hybridized carbons (Fsp3) is 0.143. The van der Waals surface area contributed by atoms with Gasteiger partial charge in [-0.1, -0.05) is 0 Å². The summed E-state index contributed by atoms with van der Waals surface area (Å²) in [6, 6.07) is 5.73. The van der Waals surface area contributed by atoms with Crippen molar-refractivity contribution in [1.82, 2.24) is 4.98 Å². The van der Waals surface area contributed by atoms with Gasteiger partial charge < -0.3 is 15.2 Å². The lowest BCUT2D eigenvalue weighted by Gasteiger charge is -2.07. The molecule has 0 unspecified atom stereocenters. The second kappa shape index (κ2) is 3.98. The van der Waals surface area contributed by atoms with Gasteiger partial charge in [0.25, 0.3) is 0 Å². The van der Waals surface area contributed by atoms with Crippen LogP contribution >= 0.6 is 0 Å². The zero-order chi connectivity index (χ0) is 13.6. The summed E-state index contributed by atoms with van der Waals surface area (Å²) < 4.78 is 0. The van der Waals surface area contributed by atoms with Gasteiger partial charge >= 0.3 is 0 Å². The summed E-state index contributed by atoms with van der Waals surface area (Å²) in [5.74, 6) is -0.335. The number of ketones is 2. The quantitative estimate of drug-likeness (QED) is 0.730. The number of benzene rings is 1. The van der Waals surface area contributed by atoms with Crippen molar-refractivity contribution in [2.24, 2.45) is 0 Å². The minimum atomic E-state index is -0.113. The maximum atomic E-state index is 11.7. The first-order chi connectivity index (χ1) is 9.06. The summed E-state index contributed by atoms with van der Waals surface area (Å²) in [7, 11) is 0. The molecular weight excluding hydrogens is 246 g/mol. The number of hydrogen-bond acceptors (Lipinski definition) is 4. The van der Waals surface area contributed by atoms with Crippen molar-refractivity contribution in [3.05, 3.63) is 35.5 Å². The van der Waals surface area contributed by atoms with Crippen LogP contribution in [0.25, 0.3) is 11.3 Å². The van der Waals surface area contributed by atoms with Gasteiger partial charge in [0.2, 0.25) is 0 Å². The smallest absolute Gasteiger partial charge is 0.180 e. The van der Waals surface area contributed by atoms with Crippen molar-refractivity contribution in [2.75, 3.05) is 0 Å². The van der Waals surface area contributed by atoms with E-state index in [1.54, 1.807) is 6.07 Å². The number of phenols is 2. The molecule has 3 rings (SSSR count). The van der Waals surface area contributed by atoms with E-state index in [0.29, 0.717) is 22.5 Å². The molecule has 1 aliphatic rings. The highest BCUT2D eigenvalue weighted by Crippen LogP contribution is 2.34. The molecular formula is C14H11NO4. The summed E-state index contributed by atoms with van der Waals surface area (Å²) in [6.07, 6.45) is 0.442. The van der Waals surface area contributed by atoms with Crippen molar-refractivity contribution in [2.45, 2.75) is 12.8 Å². The predicted molar refractivity (Wildman–Crippen MR) is 67.5 cm³/mol. The third-order valence-electron chi connectivity index (χ3n) is 3.25. The van der Waals surface area contributed by atoms with Crippen molar-refractivity contribution in [3.8, 4) is 22.8 Å². The van der Waals surface area contributed by atoms with E-state index in [9.17, 15) is 19.8 Å². The van der Waals surface area contributed by atoms with Crippen LogP contribution in [0.4, 0.5) is 0 Å². The van der Waals surface area contributed by atoms with E-state index in [2.05, 4.69) is 4.98 Å². The Bertz CT molecular complexity index is 666. The second-order valence-electron chi connectivity index (χ2n) is 4.52. The van der Waals surface area contributed by atoms with Gasteiger partial charge in [-0.25, -0.2) is 0 Å². The second-order valence-corrected chi connectivity index (χ2v) is 4.52. The Labute approximate surface area is 108 Å². The molecule has 0 saturated carbocycles. The first-order valence-corrected chi connectivity index (χ1v) is 5.88. The number of carbonyl (C=O) groups excluding carboxylic acids is 2. The zero-order valence-corrected chi connectivity index (χ0v) is 9.93. The van der Waals surface area contributed by atoms with Gasteiger partial charge in [0.15, 0.2) is 11.6 Å². The molecule has 0 fully saturated rings. The molecule has 0 bridgehead atoms. The molecule has 0 atom stereocenters. The van der Waals surface area contributed by atoms with E-state index in [1.165, 1.54) is 18.2 Å². The largest absolute Gasteiger partial charge is 0.508 e. The maximum Gasteiger partial charge on any atom is 0.180 e. The Morgan fingerprint density at radius 2 is 1.68 bits per heavy atom. The lowest BCUT2D eigenvalue weighted by molar-refractivity contribution is 0.0888. The van der Waals surface area contributed by atoms with Crippen LogP contribution < -0.4 is 0 Å². The van der Waals surface area contributed by atoms with Crippen molar-refractivity contribution in [1.29, 1.82) is 0 Å². The molecule has 1 aromatic heterocycles. The van der Waals surface area contributed by atoms with Crippen molar-refractivity contribution < 1.29 is 19.8 Å². The minimum Gasteiger partial charge on any atom is -0.508 e. The van der Waals surface area contributed by atoms with Crippen LogP contribution in [0.1, 0.15) is 33.7 Å². The third-order valence-corrected chi connectivity index (χ3v) is 3.25. The number of aromatic hydroxyl groups is 2. The van der Waals surface area contributed by atoms with Crippen LogP contribution in [0.15, 0.2) is 24.3 Å². The number of nitrogens with one attached hydrogen (secondary N) is 1. The SMILES string of the molecule is O=C1CCC(=O)c2[nH]c(-c3ccc(O)cc3O)cc21. The highest BCUT2D eigenvalue weighted by atomic mass is 16.3. The van der Waals surface area contributed by atoms with Crippen LogP contribution in [0.5, 0.6) is 11.5 Å². The third kappa shape index (κ3) is 1.79. The molecule has 0 spiro atoms. The fourth-order valence-electron chi connectivity index (χ4n) is 2.27. The average Bonchev–Trinajstić information content (AvgIpc) is 2.80. The minimum absolute atomic E-state index is 0.0512. The lowest BCUT2D eigenvalue weighted by atomic mass is 9.95. The summed E-state index contributed by atoms with van der Waals surface area (Å²) in [4.78, 5) is 26.3. The standard InChI is InChI=1S/C14H11NO4/c16-7-1-2-8(13(19)5-7)10-6-9-11(17)3-4-12(18)14(9)15-10/h1-2,5-6,15-16,19H,3-4H2. The van der Waals surface area contributed by atoms with E-state index in [1.807, 2.05) is 0 Å². The van der Waals surface area contributed by atoms with Crippen LogP contribution in [0.2, 0.25) is 0 Å². The Morgan fingerprint density at radius 3 is 2.37 bits per heavy atom. The lowest BCUT2D eigenvalue weighted by Crippen LogP contribution is -2.15. The predicted octanol–water partition coefficient (Wildman–Crippen LogP) is 2.25. The number of phenolic OH excluding ortho intramolecular Hbond substituents is 2. The summed E-state index contributed by atoms with van der Waals surface area (Å²) >= 11 is 0. The number of carbonyl (C=O) groups is 2. The molecule has 0 radical (unpaired) electrons. The molecule has 19 heavy (non-hydrogen) atoms. The van der Waals surface area contributed by atoms with E-state index >= 15 is 0 Å². The Hall–Kier alpha value is -2.56. The number of fused-ring (bicyclic) bond motifs is 1. The van der Waals surface area contributed by atoms with Crippen LogP contribution in [0, 0.1) is 0 Å². The number of H-pyrrole nitrogens is 1. The van der Waals surface area contributed by atoms with E-state index in [0.717, 1.165) is 0 Å². The maximum absolute atomic E-state index is 11.7. The molecule has 3 N–H and O–H groups in total. The van der Waals surface area contributed by atoms with Gasteiger partial charge in [-0.3, -0.25) is 9.59 Å². The Morgan fingerprint density at radius 1 is 0.947 bits per heavy atom. The average molecular weight is 257 g/mol. The van der Waals surface area contributed by atoms with Gasteiger partial charge in [-0.05, 0) is 18.2 Å². The van der Waals surface area contributed by atoms with Gasteiger partial charge in [0.1, 0.15) is 11.5 Å². The molecule has 1 aromatic carbocycles. The van der Waals surface area contributed by atoms with E-state index in [-0.39, 0.29) is 35.9 Å². The highest BCUT2D eigenvalue weighted by molar-refractivity contribution is 6.13. The molecule has 96 valence electrons. The van der Waals surface area contributed by atoms with Gasteiger partial charge in [0.05, 0.1) is 11.4 Å². The number of Topliss-reactive ketones (excluding diaryl/α,β-unsaturated/α-hetero) is 2. The Kier molecular flexibility index (Phi) is 2.41. The normalized spacial score (nSPS) is 14.5. The molecule has 1 heterocycles. The van der Waals surface area contributed by atoms with E-state index < -0.39 is 0 Å². The first-order valence-electron chi connectivity index (χ1n) is 5.88. The first kappa shape index (κ1) is 11.5. The number of aromatic nitrogens is 1. The number of rotatable bonds is 1. The van der Waals surface area contributed by atoms with Gasteiger partial charge in [-0.15, -0.1) is 0 Å². The molecule has 0 saturated heterocycles. The monoisotopic (exact) mass is 257 g/mol. The number of hydrogen-bond donors (Lipinski definition) is 3. The topological polar surface area (TPSA) is 90.4 Å². The number of aromatic amines is 1. The van der Waals surface area contributed by atoms with E-state index in [4.69, 9.17) is 0 Å². The fourth-order valence-corrected chi connectivity index (χ4v) is 2.27. The molecule has 5 nitrogen and oxygen atoms in total. The van der Waals surface area contributed by atoms with Gasteiger partial charge in [-0.2, -0.15) is 0 Å². The van der Waals surface area contributed by atoms with Crippen LogP contribution in [0.3, 0.4) is 0 Å². The van der Waals surface area contributed by atoms with Crippen molar-refractivity contribution in [3.63, 3.8) is 0 Å². The van der Waals surface area contributed by atoms with Crippen LogP contribution in [-0.2, 0) is 0 Å². The highest BCUT2D eigenvalue weighted by Gasteiger charge is 2.26. The van der Waals surface area contributed by atoms with Gasteiger partial charge in [0, 0.05) is 30.0 Å².